The number of nitrogens with zero attached hydrogens (tertiary/aromatic N) is 2. The molecule has 0 aliphatic carbocycles. The van der Waals surface area contributed by atoms with Crippen LogP contribution in [-0.4, -0.2) is 27.4 Å². The van der Waals surface area contributed by atoms with Crippen LogP contribution >= 0.6 is 12.2 Å². The zero-order valence-corrected chi connectivity index (χ0v) is 21.1. The highest BCUT2D eigenvalue weighted by Gasteiger charge is 2.35. The van der Waals surface area contributed by atoms with E-state index in [2.05, 4.69) is 10.6 Å². The minimum atomic E-state index is -0.560. The fourth-order valence-electron chi connectivity index (χ4n) is 4.49. The number of para-hydroxylation sites is 2. The number of aromatic nitrogens is 1. The van der Waals surface area contributed by atoms with Crippen LogP contribution in [0.5, 0.6) is 0 Å². The molecule has 0 atom stereocenters. The summed E-state index contributed by atoms with van der Waals surface area (Å²) in [6, 6.07) is 22.4. The van der Waals surface area contributed by atoms with Crippen LogP contribution in [0, 0.1) is 13.8 Å². The lowest BCUT2D eigenvalue weighted by molar-refractivity contribution is -0.122. The number of fused-ring (bicyclic) bond motifs is 1. The molecule has 184 valence electrons. The van der Waals surface area contributed by atoms with Crippen molar-refractivity contribution >= 4 is 63.4 Å². The highest BCUT2D eigenvalue weighted by Crippen LogP contribution is 2.28. The van der Waals surface area contributed by atoms with Crippen molar-refractivity contribution in [1.29, 1.82) is 0 Å². The van der Waals surface area contributed by atoms with Gasteiger partial charge in [0.1, 0.15) is 12.1 Å². The second-order valence-electron chi connectivity index (χ2n) is 8.89. The largest absolute Gasteiger partial charge is 0.337 e. The SMILES string of the molecule is Cc1ccc(N2C(=O)/C(=C\c3cn(CC(=O)Nc4ccccc4)c4ccccc34)C(=O)NC2=S)c(C)c1. The first-order valence-corrected chi connectivity index (χ1v) is 12.1. The molecule has 5 rings (SSSR count). The van der Waals surface area contributed by atoms with E-state index < -0.39 is 11.8 Å². The summed E-state index contributed by atoms with van der Waals surface area (Å²) in [5.41, 5.74) is 4.67. The van der Waals surface area contributed by atoms with Crippen molar-refractivity contribution < 1.29 is 14.4 Å². The number of hydrogen-bond donors (Lipinski definition) is 2. The van der Waals surface area contributed by atoms with Gasteiger partial charge in [-0.2, -0.15) is 0 Å². The molecule has 2 heterocycles. The maximum absolute atomic E-state index is 13.6. The first-order chi connectivity index (χ1) is 17.8. The summed E-state index contributed by atoms with van der Waals surface area (Å²) in [5.74, 6) is -1.25. The number of carbonyl (C=O) groups excluding carboxylic acids is 3. The van der Waals surface area contributed by atoms with Crippen LogP contribution < -0.4 is 15.5 Å². The standard InChI is InChI=1S/C29H24N4O3S/c1-18-12-13-24(19(2)14-18)33-28(36)23(27(35)31-29(33)37)15-20-16-32(25-11-7-6-10-22(20)25)17-26(34)30-21-8-4-3-5-9-21/h3-16H,17H2,1-2H3,(H,30,34)(H,31,35,37)/b23-15-. The molecular formula is C29H24N4O3S. The van der Waals surface area contributed by atoms with Gasteiger partial charge in [0, 0.05) is 28.4 Å². The van der Waals surface area contributed by atoms with Gasteiger partial charge in [0.2, 0.25) is 5.91 Å². The van der Waals surface area contributed by atoms with E-state index in [1.54, 1.807) is 16.8 Å². The smallest absolute Gasteiger partial charge is 0.270 e. The van der Waals surface area contributed by atoms with Crippen LogP contribution in [0.4, 0.5) is 11.4 Å². The number of carbonyl (C=O) groups is 3. The molecule has 8 heteroatoms. The average Bonchev–Trinajstić information content (AvgIpc) is 3.20. The van der Waals surface area contributed by atoms with Crippen molar-refractivity contribution in [3.63, 3.8) is 0 Å². The van der Waals surface area contributed by atoms with E-state index in [0.717, 1.165) is 22.0 Å². The van der Waals surface area contributed by atoms with Crippen molar-refractivity contribution in [1.82, 2.24) is 9.88 Å². The fraction of sp³-hybridized carbons (Fsp3) is 0.103. The first kappa shape index (κ1) is 24.1. The van der Waals surface area contributed by atoms with E-state index in [1.807, 2.05) is 86.6 Å². The van der Waals surface area contributed by atoms with Gasteiger partial charge in [-0.3, -0.25) is 24.6 Å². The molecule has 0 saturated carbocycles. The number of nitrogens with one attached hydrogen (secondary N) is 2. The monoisotopic (exact) mass is 508 g/mol. The lowest BCUT2D eigenvalue weighted by atomic mass is 10.0. The van der Waals surface area contributed by atoms with Crippen LogP contribution in [0.25, 0.3) is 17.0 Å². The van der Waals surface area contributed by atoms with E-state index in [9.17, 15) is 14.4 Å². The van der Waals surface area contributed by atoms with Crippen molar-refractivity contribution in [2.24, 2.45) is 0 Å². The minimum Gasteiger partial charge on any atom is -0.337 e. The van der Waals surface area contributed by atoms with E-state index in [0.29, 0.717) is 16.9 Å². The molecule has 1 aliphatic heterocycles. The maximum Gasteiger partial charge on any atom is 0.270 e. The van der Waals surface area contributed by atoms with Crippen LogP contribution in [-0.2, 0) is 20.9 Å². The Labute approximate surface area is 219 Å². The lowest BCUT2D eigenvalue weighted by Crippen LogP contribution is -2.54. The molecule has 2 N–H and O–H groups in total. The summed E-state index contributed by atoms with van der Waals surface area (Å²) in [6.45, 7) is 3.93. The summed E-state index contributed by atoms with van der Waals surface area (Å²) in [6.07, 6.45) is 3.33. The molecule has 37 heavy (non-hydrogen) atoms. The quantitative estimate of drug-likeness (QED) is 0.232. The Bertz CT molecular complexity index is 1600. The van der Waals surface area contributed by atoms with Gasteiger partial charge in [-0.05, 0) is 62.0 Å². The number of aryl methyl sites for hydroxylation is 2. The third-order valence-electron chi connectivity index (χ3n) is 6.19. The molecule has 0 spiro atoms. The first-order valence-electron chi connectivity index (χ1n) is 11.7. The topological polar surface area (TPSA) is 83.4 Å². The highest BCUT2D eigenvalue weighted by molar-refractivity contribution is 7.80. The third kappa shape index (κ3) is 4.79. The second kappa shape index (κ2) is 9.83. The van der Waals surface area contributed by atoms with Gasteiger partial charge in [-0.15, -0.1) is 0 Å². The summed E-state index contributed by atoms with van der Waals surface area (Å²) < 4.78 is 1.80. The molecular weight excluding hydrogens is 484 g/mol. The Kier molecular flexibility index (Phi) is 6.42. The highest BCUT2D eigenvalue weighted by atomic mass is 32.1. The van der Waals surface area contributed by atoms with E-state index in [1.165, 1.54) is 4.90 Å². The number of amides is 3. The molecule has 1 fully saturated rings. The molecule has 3 amide bonds. The van der Waals surface area contributed by atoms with E-state index >= 15 is 0 Å². The normalized spacial score (nSPS) is 14.8. The Morgan fingerprint density at radius 3 is 2.49 bits per heavy atom. The zero-order chi connectivity index (χ0) is 26.1. The Morgan fingerprint density at radius 2 is 1.73 bits per heavy atom. The number of benzene rings is 3. The predicted octanol–water partition coefficient (Wildman–Crippen LogP) is 4.73. The molecule has 1 aliphatic rings. The van der Waals surface area contributed by atoms with Gasteiger partial charge in [0.25, 0.3) is 11.8 Å². The maximum atomic E-state index is 13.6. The summed E-state index contributed by atoms with van der Waals surface area (Å²) in [7, 11) is 0. The number of anilines is 2. The number of hydrogen-bond acceptors (Lipinski definition) is 4. The van der Waals surface area contributed by atoms with Gasteiger partial charge >= 0.3 is 0 Å². The molecule has 1 aromatic heterocycles. The van der Waals surface area contributed by atoms with Crippen molar-refractivity contribution in [2.45, 2.75) is 20.4 Å². The Morgan fingerprint density at radius 1 is 1.00 bits per heavy atom. The van der Waals surface area contributed by atoms with Crippen LogP contribution in [0.3, 0.4) is 0 Å². The van der Waals surface area contributed by atoms with Crippen molar-refractivity contribution in [3.8, 4) is 0 Å². The molecule has 0 radical (unpaired) electrons. The van der Waals surface area contributed by atoms with E-state index in [4.69, 9.17) is 12.2 Å². The molecule has 0 unspecified atom stereocenters. The van der Waals surface area contributed by atoms with Crippen molar-refractivity contribution in [3.05, 3.63) is 101 Å². The second-order valence-corrected chi connectivity index (χ2v) is 9.28. The van der Waals surface area contributed by atoms with Gasteiger partial charge in [-0.1, -0.05) is 54.1 Å². The van der Waals surface area contributed by atoms with Gasteiger partial charge in [0.05, 0.1) is 5.69 Å². The lowest BCUT2D eigenvalue weighted by Gasteiger charge is -2.30. The number of rotatable bonds is 5. The van der Waals surface area contributed by atoms with Crippen LogP contribution in [0.1, 0.15) is 16.7 Å². The molecule has 3 aromatic carbocycles. The fourth-order valence-corrected chi connectivity index (χ4v) is 4.76. The van der Waals surface area contributed by atoms with Crippen LogP contribution in [0.15, 0.2) is 84.6 Å². The molecule has 0 bridgehead atoms. The molecule has 7 nitrogen and oxygen atoms in total. The zero-order valence-electron chi connectivity index (χ0n) is 20.3. The molecule has 1 saturated heterocycles. The molecule has 4 aromatic rings. The van der Waals surface area contributed by atoms with Gasteiger partial charge in [-0.25, -0.2) is 0 Å². The summed E-state index contributed by atoms with van der Waals surface area (Å²) in [4.78, 5) is 40.5. The average molecular weight is 509 g/mol. The van der Waals surface area contributed by atoms with Gasteiger partial charge < -0.3 is 9.88 Å². The van der Waals surface area contributed by atoms with Gasteiger partial charge in [0.15, 0.2) is 5.11 Å². The van der Waals surface area contributed by atoms with Crippen LogP contribution in [0.2, 0.25) is 0 Å². The number of thiocarbonyl (C=S) groups is 1. The summed E-state index contributed by atoms with van der Waals surface area (Å²) in [5, 5.41) is 6.38. The summed E-state index contributed by atoms with van der Waals surface area (Å²) >= 11 is 5.35. The Balaban J connectivity index is 1.50. The predicted molar refractivity (Wildman–Crippen MR) is 149 cm³/mol. The minimum absolute atomic E-state index is 0.0368. The van der Waals surface area contributed by atoms with E-state index in [-0.39, 0.29) is 23.1 Å². The Hall–Kier alpha value is -4.56. The van der Waals surface area contributed by atoms with Crippen molar-refractivity contribution in [2.75, 3.05) is 10.2 Å². The third-order valence-corrected chi connectivity index (χ3v) is 6.47.